The van der Waals surface area contributed by atoms with Crippen LogP contribution in [0.25, 0.3) is 22.3 Å². The minimum atomic E-state index is -0.884. The first-order valence-corrected chi connectivity index (χ1v) is 11.1. The lowest BCUT2D eigenvalue weighted by Crippen LogP contribution is -2.40. The third kappa shape index (κ3) is 4.68. The van der Waals surface area contributed by atoms with Crippen LogP contribution in [0.3, 0.4) is 0 Å². The Morgan fingerprint density at radius 1 is 1.15 bits per heavy atom. The molecule has 0 radical (unpaired) electrons. The van der Waals surface area contributed by atoms with Crippen molar-refractivity contribution in [3.8, 4) is 11.3 Å². The highest BCUT2D eigenvalue weighted by Gasteiger charge is 2.20. The van der Waals surface area contributed by atoms with Crippen LogP contribution in [0, 0.1) is 11.6 Å². The van der Waals surface area contributed by atoms with Crippen LogP contribution in [-0.2, 0) is 17.8 Å². The number of morpholine rings is 1. The molecule has 1 saturated heterocycles. The Morgan fingerprint density at radius 3 is 2.82 bits per heavy atom. The molecule has 1 aliphatic heterocycles. The minimum absolute atomic E-state index is 0.0100. The molecule has 1 aliphatic rings. The van der Waals surface area contributed by atoms with Crippen molar-refractivity contribution >= 4 is 28.6 Å². The zero-order valence-corrected chi connectivity index (χ0v) is 18.4. The third-order valence-electron chi connectivity index (χ3n) is 5.61. The summed E-state index contributed by atoms with van der Waals surface area (Å²) >= 11 is 6.51. The minimum Gasteiger partial charge on any atom is -0.374 e. The molecule has 2 N–H and O–H groups in total. The lowest BCUT2D eigenvalue weighted by atomic mass is 10.1. The Morgan fingerprint density at radius 2 is 2.03 bits per heavy atom. The molecule has 0 spiro atoms. The zero-order valence-electron chi connectivity index (χ0n) is 17.7. The average Bonchev–Trinajstić information content (AvgIpc) is 3.18. The van der Waals surface area contributed by atoms with Gasteiger partial charge in [-0.2, -0.15) is 4.98 Å². The number of fused-ring (bicyclic) bond motifs is 1. The van der Waals surface area contributed by atoms with E-state index in [-0.39, 0.29) is 12.6 Å². The van der Waals surface area contributed by atoms with E-state index in [1.54, 1.807) is 6.20 Å². The van der Waals surface area contributed by atoms with E-state index in [1.165, 1.54) is 6.07 Å². The molecule has 5 rings (SSSR count). The molecule has 2 aromatic carbocycles. The number of halogens is 3. The molecular formula is C24H22ClF2N5O. The molecule has 0 unspecified atom stereocenters. The van der Waals surface area contributed by atoms with E-state index in [4.69, 9.17) is 21.3 Å². The maximum atomic E-state index is 13.5. The molecule has 170 valence electrons. The Balaban J connectivity index is 1.50. The Hall–Kier alpha value is -3.07. The maximum absolute atomic E-state index is 13.5. The van der Waals surface area contributed by atoms with Crippen molar-refractivity contribution in [2.75, 3.05) is 25.0 Å². The smallest absolute Gasteiger partial charge is 0.224 e. The normalized spacial score (nSPS) is 16.3. The van der Waals surface area contributed by atoms with E-state index in [1.807, 2.05) is 30.3 Å². The van der Waals surface area contributed by atoms with Crippen molar-refractivity contribution < 1.29 is 13.5 Å². The molecule has 4 aromatic rings. The maximum Gasteiger partial charge on any atom is 0.224 e. The number of rotatable bonds is 6. The van der Waals surface area contributed by atoms with Gasteiger partial charge in [-0.25, -0.2) is 13.8 Å². The third-order valence-corrected chi connectivity index (χ3v) is 5.94. The zero-order chi connectivity index (χ0) is 22.8. The quantitative estimate of drug-likeness (QED) is 0.431. The second-order valence-electron chi connectivity index (χ2n) is 7.89. The Labute approximate surface area is 194 Å². The summed E-state index contributed by atoms with van der Waals surface area (Å²) in [4.78, 5) is 9.12. The molecule has 6 nitrogen and oxygen atoms in total. The molecule has 2 aromatic heterocycles. The van der Waals surface area contributed by atoms with Crippen LogP contribution in [0.15, 0.2) is 54.7 Å². The van der Waals surface area contributed by atoms with Crippen molar-refractivity contribution in [1.82, 2.24) is 19.9 Å². The van der Waals surface area contributed by atoms with Crippen molar-refractivity contribution in [3.05, 3.63) is 76.9 Å². The summed E-state index contributed by atoms with van der Waals surface area (Å²) in [6.45, 7) is 3.09. The topological polar surface area (TPSA) is 64.0 Å². The van der Waals surface area contributed by atoms with Gasteiger partial charge in [0.1, 0.15) is 5.65 Å². The Kier molecular flexibility index (Phi) is 6.22. The number of nitrogens with zero attached hydrogens (tertiary/aromatic N) is 3. The molecule has 0 saturated carbocycles. The summed E-state index contributed by atoms with van der Waals surface area (Å²) < 4.78 is 34.7. The van der Waals surface area contributed by atoms with E-state index in [9.17, 15) is 8.78 Å². The molecular weight excluding hydrogens is 448 g/mol. The first kappa shape index (κ1) is 21.8. The number of hydrogen-bond donors (Lipinski definition) is 2. The molecule has 3 heterocycles. The average molecular weight is 470 g/mol. The summed E-state index contributed by atoms with van der Waals surface area (Å²) in [5.41, 5.74) is 3.15. The van der Waals surface area contributed by atoms with Crippen molar-refractivity contribution in [2.45, 2.75) is 19.2 Å². The van der Waals surface area contributed by atoms with Crippen LogP contribution < -0.4 is 10.6 Å². The lowest BCUT2D eigenvalue weighted by molar-refractivity contribution is 0.0191. The highest BCUT2D eigenvalue weighted by Crippen LogP contribution is 2.33. The van der Waals surface area contributed by atoms with Crippen LogP contribution in [0.5, 0.6) is 0 Å². The largest absolute Gasteiger partial charge is 0.374 e. The van der Waals surface area contributed by atoms with Gasteiger partial charge in [0.15, 0.2) is 11.6 Å². The SMILES string of the molecule is Fc1ccc(CNc2ncc3cc(-c4ccccc4Cl)n(C[C@@H]4CNCCO4)c3n2)cc1F. The molecule has 33 heavy (non-hydrogen) atoms. The second kappa shape index (κ2) is 9.43. The predicted molar refractivity (Wildman–Crippen MR) is 124 cm³/mol. The van der Waals surface area contributed by atoms with Gasteiger partial charge >= 0.3 is 0 Å². The van der Waals surface area contributed by atoms with E-state index >= 15 is 0 Å². The summed E-state index contributed by atoms with van der Waals surface area (Å²) in [7, 11) is 0. The highest BCUT2D eigenvalue weighted by molar-refractivity contribution is 6.33. The predicted octanol–water partition coefficient (Wildman–Crippen LogP) is 4.63. The lowest BCUT2D eigenvalue weighted by Gasteiger charge is -2.25. The summed E-state index contributed by atoms with van der Waals surface area (Å²) in [6, 6.07) is 13.5. The summed E-state index contributed by atoms with van der Waals surface area (Å²) in [5.74, 6) is -1.37. The molecule has 1 fully saturated rings. The van der Waals surface area contributed by atoms with Gasteiger partial charge in [-0.05, 0) is 29.8 Å². The molecule has 0 amide bonds. The molecule has 0 aliphatic carbocycles. The number of aromatic nitrogens is 3. The van der Waals surface area contributed by atoms with Gasteiger partial charge in [-0.3, -0.25) is 0 Å². The summed E-state index contributed by atoms with van der Waals surface area (Å²) in [5, 5.41) is 7.97. The Bertz CT molecular complexity index is 1290. The van der Waals surface area contributed by atoms with E-state index < -0.39 is 11.6 Å². The molecule has 1 atom stereocenters. The van der Waals surface area contributed by atoms with Crippen LogP contribution in [0.2, 0.25) is 5.02 Å². The van der Waals surface area contributed by atoms with Gasteiger partial charge in [0.2, 0.25) is 5.95 Å². The van der Waals surface area contributed by atoms with Crippen molar-refractivity contribution in [2.24, 2.45) is 0 Å². The van der Waals surface area contributed by atoms with Gasteiger partial charge in [0.25, 0.3) is 0 Å². The van der Waals surface area contributed by atoms with Crippen LogP contribution in [-0.4, -0.2) is 40.3 Å². The second-order valence-corrected chi connectivity index (χ2v) is 8.30. The van der Waals surface area contributed by atoms with Gasteiger partial charge in [0.05, 0.1) is 24.9 Å². The number of anilines is 1. The van der Waals surface area contributed by atoms with Gasteiger partial charge in [-0.1, -0.05) is 35.9 Å². The first-order chi connectivity index (χ1) is 16.1. The van der Waals surface area contributed by atoms with Crippen LogP contribution in [0.4, 0.5) is 14.7 Å². The summed E-state index contributed by atoms with van der Waals surface area (Å²) in [6.07, 6.45) is 1.73. The standard InChI is InChI=1S/C24H22ClF2N5O/c25-19-4-2-1-3-18(19)22-10-16-12-30-24(29-11-15-5-6-20(26)21(27)9-15)31-23(16)32(22)14-17-13-28-7-8-33-17/h1-6,9-10,12,17,28H,7-8,11,13-14H2,(H,29,30,31)/t17-/m0/s1. The van der Waals surface area contributed by atoms with Crippen LogP contribution in [0.1, 0.15) is 5.56 Å². The van der Waals surface area contributed by atoms with E-state index in [0.717, 1.165) is 47.5 Å². The fraction of sp³-hybridized carbons (Fsp3) is 0.250. The van der Waals surface area contributed by atoms with E-state index in [2.05, 4.69) is 20.2 Å². The van der Waals surface area contributed by atoms with Crippen LogP contribution >= 0.6 is 11.6 Å². The van der Waals surface area contributed by atoms with Gasteiger partial charge in [-0.15, -0.1) is 0 Å². The fourth-order valence-corrected chi connectivity index (χ4v) is 4.21. The molecule has 9 heteroatoms. The van der Waals surface area contributed by atoms with Gasteiger partial charge in [0, 0.05) is 41.8 Å². The number of benzene rings is 2. The highest BCUT2D eigenvalue weighted by atomic mass is 35.5. The number of hydrogen-bond acceptors (Lipinski definition) is 5. The molecule has 0 bridgehead atoms. The fourth-order valence-electron chi connectivity index (χ4n) is 3.97. The van der Waals surface area contributed by atoms with E-state index in [0.29, 0.717) is 29.7 Å². The van der Waals surface area contributed by atoms with Crippen molar-refractivity contribution in [1.29, 1.82) is 0 Å². The monoisotopic (exact) mass is 469 g/mol. The number of nitrogens with one attached hydrogen (secondary N) is 2. The van der Waals surface area contributed by atoms with Crippen molar-refractivity contribution in [3.63, 3.8) is 0 Å². The number of ether oxygens (including phenoxy) is 1. The van der Waals surface area contributed by atoms with Gasteiger partial charge < -0.3 is 19.9 Å². The first-order valence-electron chi connectivity index (χ1n) is 10.7.